The van der Waals surface area contributed by atoms with Crippen LogP contribution in [0.1, 0.15) is 38.7 Å². The van der Waals surface area contributed by atoms with Gasteiger partial charge in [-0.05, 0) is 56.3 Å². The zero-order valence-electron chi connectivity index (χ0n) is 18.2. The average molecular weight is 438 g/mol. The van der Waals surface area contributed by atoms with E-state index < -0.39 is 10.0 Å². The Bertz CT molecular complexity index is 791. The van der Waals surface area contributed by atoms with Crippen LogP contribution in [0.5, 0.6) is 0 Å². The number of carbonyl (C=O) groups excluding carboxylic acids is 1. The van der Waals surface area contributed by atoms with Crippen molar-refractivity contribution in [2.45, 2.75) is 50.5 Å². The molecule has 0 bridgehead atoms. The van der Waals surface area contributed by atoms with Gasteiger partial charge in [-0.15, -0.1) is 0 Å². The molecule has 1 aromatic rings. The Kier molecular flexibility index (Phi) is 8.27. The molecule has 0 radical (unpaired) electrons. The van der Waals surface area contributed by atoms with Crippen LogP contribution in [0.4, 0.5) is 0 Å². The largest absolute Gasteiger partial charge is 0.379 e. The Labute approximate surface area is 180 Å². The van der Waals surface area contributed by atoms with E-state index >= 15 is 0 Å². The van der Waals surface area contributed by atoms with Crippen LogP contribution in [0.2, 0.25) is 0 Å². The molecule has 3 rings (SSSR count). The number of likely N-dealkylation sites (tertiary alicyclic amines) is 1. The van der Waals surface area contributed by atoms with Gasteiger partial charge in [-0.25, -0.2) is 8.42 Å². The summed E-state index contributed by atoms with van der Waals surface area (Å²) in [6, 6.07) is 7.01. The normalized spacial score (nSPS) is 22.5. The molecular weight excluding hydrogens is 402 g/mol. The van der Waals surface area contributed by atoms with E-state index in [1.807, 2.05) is 0 Å². The Morgan fingerprint density at radius 3 is 2.57 bits per heavy atom. The van der Waals surface area contributed by atoms with Crippen LogP contribution < -0.4 is 5.32 Å². The second-order valence-corrected chi connectivity index (χ2v) is 10.6. The third-order valence-corrected chi connectivity index (χ3v) is 7.77. The lowest BCUT2D eigenvalue weighted by molar-refractivity contribution is -0.121. The summed E-state index contributed by atoms with van der Waals surface area (Å²) in [5.74, 6) is 0.772. The number of carbonyl (C=O) groups is 1. The van der Waals surface area contributed by atoms with Crippen molar-refractivity contribution in [1.29, 1.82) is 0 Å². The van der Waals surface area contributed by atoms with Gasteiger partial charge in [0.05, 0.1) is 18.1 Å². The highest BCUT2D eigenvalue weighted by molar-refractivity contribution is 7.89. The molecule has 2 atom stereocenters. The van der Waals surface area contributed by atoms with Crippen molar-refractivity contribution in [2.75, 3.05) is 45.9 Å². The molecule has 2 saturated heterocycles. The van der Waals surface area contributed by atoms with Gasteiger partial charge in [0.1, 0.15) is 0 Å². The molecule has 168 valence electrons. The van der Waals surface area contributed by atoms with Gasteiger partial charge < -0.3 is 15.0 Å². The highest BCUT2D eigenvalue weighted by Crippen LogP contribution is 2.18. The van der Waals surface area contributed by atoms with Crippen LogP contribution in [0.15, 0.2) is 29.2 Å². The Balaban J connectivity index is 1.44. The summed E-state index contributed by atoms with van der Waals surface area (Å²) in [6.45, 7) is 9.10. The molecule has 2 aliphatic heterocycles. The number of nitrogens with one attached hydrogen (secondary N) is 1. The molecule has 1 aromatic carbocycles. The van der Waals surface area contributed by atoms with E-state index in [2.05, 4.69) is 24.1 Å². The number of nitrogens with zero attached hydrogens (tertiary/aromatic N) is 2. The van der Waals surface area contributed by atoms with Crippen molar-refractivity contribution < 1.29 is 17.9 Å². The smallest absolute Gasteiger partial charge is 0.243 e. The van der Waals surface area contributed by atoms with E-state index in [1.54, 1.807) is 24.3 Å². The van der Waals surface area contributed by atoms with Crippen molar-refractivity contribution in [1.82, 2.24) is 14.5 Å². The number of hydrogen-bond acceptors (Lipinski definition) is 5. The van der Waals surface area contributed by atoms with Crippen LogP contribution in [0.3, 0.4) is 0 Å². The molecule has 7 nitrogen and oxygen atoms in total. The topological polar surface area (TPSA) is 79.0 Å². The number of amides is 1. The first-order valence-electron chi connectivity index (χ1n) is 11.0. The van der Waals surface area contributed by atoms with Gasteiger partial charge in [-0.3, -0.25) is 4.79 Å². The molecule has 0 saturated carbocycles. The van der Waals surface area contributed by atoms with E-state index in [1.165, 1.54) is 17.1 Å². The first kappa shape index (κ1) is 23.2. The molecule has 0 aromatic heterocycles. The van der Waals surface area contributed by atoms with Gasteiger partial charge in [0.2, 0.25) is 15.9 Å². The maximum absolute atomic E-state index is 12.7. The zero-order chi connectivity index (χ0) is 21.6. The van der Waals surface area contributed by atoms with Crippen molar-refractivity contribution in [3.8, 4) is 0 Å². The van der Waals surface area contributed by atoms with E-state index in [0.29, 0.717) is 44.0 Å². The lowest BCUT2D eigenvalue weighted by Crippen LogP contribution is -2.45. The van der Waals surface area contributed by atoms with E-state index in [9.17, 15) is 13.2 Å². The van der Waals surface area contributed by atoms with Crippen molar-refractivity contribution in [3.05, 3.63) is 29.8 Å². The predicted octanol–water partition coefficient (Wildman–Crippen LogP) is 1.88. The molecule has 2 heterocycles. The maximum Gasteiger partial charge on any atom is 0.243 e. The van der Waals surface area contributed by atoms with Crippen LogP contribution in [0.25, 0.3) is 0 Å². The van der Waals surface area contributed by atoms with Crippen molar-refractivity contribution in [3.63, 3.8) is 0 Å². The standard InChI is InChI=1S/C22H35N3O4S/c1-18-4-3-11-24(16-18)17-19(2)23-22(26)10-7-20-5-8-21(9-6-20)30(27,28)25-12-14-29-15-13-25/h5-6,8-9,18-19H,3-4,7,10-17H2,1-2H3,(H,23,26). The minimum Gasteiger partial charge on any atom is -0.379 e. The second kappa shape index (κ2) is 10.7. The number of aryl methyl sites for hydroxylation is 1. The van der Waals surface area contributed by atoms with Crippen LogP contribution >= 0.6 is 0 Å². The average Bonchev–Trinajstić information content (AvgIpc) is 2.73. The van der Waals surface area contributed by atoms with Crippen LogP contribution in [0, 0.1) is 5.92 Å². The highest BCUT2D eigenvalue weighted by atomic mass is 32.2. The number of hydrogen-bond donors (Lipinski definition) is 1. The van der Waals surface area contributed by atoms with E-state index in [-0.39, 0.29) is 11.9 Å². The number of sulfonamides is 1. The van der Waals surface area contributed by atoms with Gasteiger partial charge >= 0.3 is 0 Å². The van der Waals surface area contributed by atoms with Gasteiger partial charge in [0, 0.05) is 38.6 Å². The minimum absolute atomic E-state index is 0.0394. The summed E-state index contributed by atoms with van der Waals surface area (Å²) in [6.07, 6.45) is 3.52. The first-order chi connectivity index (χ1) is 14.3. The van der Waals surface area contributed by atoms with Gasteiger partial charge in [-0.1, -0.05) is 19.1 Å². The number of rotatable bonds is 8. The lowest BCUT2D eigenvalue weighted by atomic mass is 10.00. The molecule has 2 unspecified atom stereocenters. The maximum atomic E-state index is 12.7. The quantitative estimate of drug-likeness (QED) is 0.672. The summed E-state index contributed by atoms with van der Waals surface area (Å²) >= 11 is 0. The van der Waals surface area contributed by atoms with Crippen molar-refractivity contribution >= 4 is 15.9 Å². The molecule has 1 amide bonds. The Morgan fingerprint density at radius 2 is 1.90 bits per heavy atom. The molecule has 2 aliphatic rings. The summed E-state index contributed by atoms with van der Waals surface area (Å²) < 4.78 is 32.0. The van der Waals surface area contributed by atoms with Gasteiger partial charge in [-0.2, -0.15) is 4.31 Å². The highest BCUT2D eigenvalue weighted by Gasteiger charge is 2.26. The summed E-state index contributed by atoms with van der Waals surface area (Å²) in [4.78, 5) is 15.1. The third-order valence-electron chi connectivity index (χ3n) is 5.85. The third kappa shape index (κ3) is 6.51. The van der Waals surface area contributed by atoms with Gasteiger partial charge in [0.15, 0.2) is 0 Å². The SMILES string of the molecule is CC1CCCN(CC(C)NC(=O)CCc2ccc(S(=O)(=O)N3CCOCC3)cc2)C1. The van der Waals surface area contributed by atoms with E-state index in [4.69, 9.17) is 4.74 Å². The van der Waals surface area contributed by atoms with Crippen LogP contribution in [-0.2, 0) is 26.0 Å². The zero-order valence-corrected chi connectivity index (χ0v) is 19.0. The summed E-state index contributed by atoms with van der Waals surface area (Å²) in [5, 5.41) is 3.10. The Hall–Kier alpha value is -1.48. The Morgan fingerprint density at radius 1 is 1.20 bits per heavy atom. The lowest BCUT2D eigenvalue weighted by Gasteiger charge is -2.32. The van der Waals surface area contributed by atoms with Crippen LogP contribution in [-0.4, -0.2) is 75.5 Å². The molecular formula is C22H35N3O4S. The molecule has 0 aliphatic carbocycles. The van der Waals surface area contributed by atoms with E-state index in [0.717, 1.165) is 31.1 Å². The molecule has 30 heavy (non-hydrogen) atoms. The summed E-state index contributed by atoms with van der Waals surface area (Å²) in [7, 11) is -3.47. The minimum atomic E-state index is -3.47. The number of morpholine rings is 1. The number of piperidine rings is 1. The fraction of sp³-hybridized carbons (Fsp3) is 0.682. The number of ether oxygens (including phenoxy) is 1. The summed E-state index contributed by atoms with van der Waals surface area (Å²) in [5.41, 5.74) is 0.962. The number of benzene rings is 1. The molecule has 2 fully saturated rings. The molecule has 0 spiro atoms. The monoisotopic (exact) mass is 437 g/mol. The first-order valence-corrected chi connectivity index (χ1v) is 12.5. The molecule has 1 N–H and O–H groups in total. The fourth-order valence-electron chi connectivity index (χ4n) is 4.25. The molecule has 8 heteroatoms. The second-order valence-electron chi connectivity index (χ2n) is 8.64. The predicted molar refractivity (Wildman–Crippen MR) is 117 cm³/mol. The van der Waals surface area contributed by atoms with Crippen molar-refractivity contribution in [2.24, 2.45) is 5.92 Å². The van der Waals surface area contributed by atoms with Gasteiger partial charge in [0.25, 0.3) is 0 Å². The fourth-order valence-corrected chi connectivity index (χ4v) is 5.66.